The molecule has 2 heteroatoms. The van der Waals surface area contributed by atoms with Gasteiger partial charge in [-0.2, -0.15) is 0 Å². The highest BCUT2D eigenvalue weighted by Crippen LogP contribution is 2.29. The minimum absolute atomic E-state index is 0.176. The molecule has 0 saturated carbocycles. The Bertz CT molecular complexity index is 414. The van der Waals surface area contributed by atoms with Crippen molar-refractivity contribution < 1.29 is 0 Å². The molecule has 20 heavy (non-hydrogen) atoms. The SMILES string of the molecule is CCC1CCCN(C(c2cccc(C)c2)C(C)N)CC1. The zero-order valence-electron chi connectivity index (χ0n) is 13.3. The van der Waals surface area contributed by atoms with Gasteiger partial charge in [0.2, 0.25) is 0 Å². The number of hydrogen-bond donors (Lipinski definition) is 1. The molecule has 1 aromatic carbocycles. The van der Waals surface area contributed by atoms with Gasteiger partial charge in [-0.25, -0.2) is 0 Å². The highest BCUT2D eigenvalue weighted by molar-refractivity contribution is 5.26. The van der Waals surface area contributed by atoms with E-state index in [9.17, 15) is 0 Å². The standard InChI is InChI=1S/C18H30N2/c1-4-16-8-6-11-20(12-10-16)18(15(3)19)17-9-5-7-14(2)13-17/h5,7,9,13,15-16,18H,4,6,8,10-12,19H2,1-3H3. The molecule has 2 N–H and O–H groups in total. The Balaban J connectivity index is 2.16. The van der Waals surface area contributed by atoms with Crippen LogP contribution in [-0.2, 0) is 0 Å². The molecule has 0 bridgehead atoms. The zero-order chi connectivity index (χ0) is 14.5. The van der Waals surface area contributed by atoms with Gasteiger partial charge in [-0.05, 0) is 57.7 Å². The minimum Gasteiger partial charge on any atom is -0.326 e. The molecule has 0 spiro atoms. The molecule has 1 aliphatic rings. The summed E-state index contributed by atoms with van der Waals surface area (Å²) in [4.78, 5) is 2.62. The van der Waals surface area contributed by atoms with Gasteiger partial charge < -0.3 is 5.73 Å². The van der Waals surface area contributed by atoms with E-state index in [-0.39, 0.29) is 6.04 Å². The summed E-state index contributed by atoms with van der Waals surface area (Å²) in [6.45, 7) is 9.02. The van der Waals surface area contributed by atoms with Crippen LogP contribution < -0.4 is 5.73 Å². The zero-order valence-corrected chi connectivity index (χ0v) is 13.3. The van der Waals surface area contributed by atoms with Crippen LogP contribution in [0, 0.1) is 12.8 Å². The summed E-state index contributed by atoms with van der Waals surface area (Å²) >= 11 is 0. The van der Waals surface area contributed by atoms with Gasteiger partial charge in [0.05, 0.1) is 0 Å². The average molecular weight is 274 g/mol. The molecule has 112 valence electrons. The number of aryl methyl sites for hydroxylation is 1. The van der Waals surface area contributed by atoms with Crippen molar-refractivity contribution in [3.8, 4) is 0 Å². The van der Waals surface area contributed by atoms with Crippen molar-refractivity contribution in [3.05, 3.63) is 35.4 Å². The van der Waals surface area contributed by atoms with E-state index in [1.807, 2.05) is 0 Å². The molecule has 1 aliphatic heterocycles. The minimum atomic E-state index is 0.176. The lowest BCUT2D eigenvalue weighted by atomic mass is 9.97. The van der Waals surface area contributed by atoms with E-state index in [4.69, 9.17) is 5.73 Å². The van der Waals surface area contributed by atoms with Gasteiger partial charge in [0.15, 0.2) is 0 Å². The second-order valence-corrected chi connectivity index (χ2v) is 6.46. The molecule has 2 rings (SSSR count). The first-order chi connectivity index (χ1) is 9.61. The summed E-state index contributed by atoms with van der Waals surface area (Å²) in [6, 6.07) is 9.41. The van der Waals surface area contributed by atoms with E-state index in [0.717, 1.165) is 5.92 Å². The third-order valence-corrected chi connectivity index (χ3v) is 4.73. The highest BCUT2D eigenvalue weighted by Gasteiger charge is 2.26. The first kappa shape index (κ1) is 15.5. The van der Waals surface area contributed by atoms with Crippen LogP contribution in [0.2, 0.25) is 0 Å². The number of nitrogens with zero attached hydrogens (tertiary/aromatic N) is 1. The molecule has 2 nitrogen and oxygen atoms in total. The molecule has 0 aliphatic carbocycles. The lowest BCUT2D eigenvalue weighted by molar-refractivity contribution is 0.180. The fraction of sp³-hybridized carbons (Fsp3) is 0.667. The molecule has 3 atom stereocenters. The summed E-state index contributed by atoms with van der Waals surface area (Å²) in [5, 5.41) is 0. The first-order valence-corrected chi connectivity index (χ1v) is 8.18. The van der Waals surface area contributed by atoms with Gasteiger partial charge in [0, 0.05) is 12.1 Å². The van der Waals surface area contributed by atoms with Crippen molar-refractivity contribution in [2.45, 2.75) is 58.5 Å². The summed E-state index contributed by atoms with van der Waals surface area (Å²) in [5.41, 5.74) is 9.04. The van der Waals surface area contributed by atoms with Crippen LogP contribution in [0.25, 0.3) is 0 Å². The van der Waals surface area contributed by atoms with Gasteiger partial charge in [-0.1, -0.05) is 43.2 Å². The van der Waals surface area contributed by atoms with E-state index < -0.39 is 0 Å². The number of hydrogen-bond acceptors (Lipinski definition) is 2. The molecule has 1 aromatic rings. The molecule has 1 heterocycles. The van der Waals surface area contributed by atoms with Crippen LogP contribution in [0.1, 0.15) is 56.7 Å². The molecule has 3 unspecified atom stereocenters. The Hall–Kier alpha value is -0.860. The third-order valence-electron chi connectivity index (χ3n) is 4.73. The smallest absolute Gasteiger partial charge is 0.0496 e. The van der Waals surface area contributed by atoms with Crippen LogP contribution in [0.4, 0.5) is 0 Å². The molecular weight excluding hydrogens is 244 g/mol. The topological polar surface area (TPSA) is 29.3 Å². The highest BCUT2D eigenvalue weighted by atomic mass is 15.2. The quantitative estimate of drug-likeness (QED) is 0.902. The van der Waals surface area contributed by atoms with Crippen molar-refractivity contribution >= 4 is 0 Å². The van der Waals surface area contributed by atoms with Gasteiger partial charge in [0.1, 0.15) is 0 Å². The molecule has 0 aromatic heterocycles. The second-order valence-electron chi connectivity index (χ2n) is 6.46. The van der Waals surface area contributed by atoms with Crippen LogP contribution in [0.5, 0.6) is 0 Å². The van der Waals surface area contributed by atoms with Gasteiger partial charge in [-0.15, -0.1) is 0 Å². The maximum Gasteiger partial charge on any atom is 0.0496 e. The summed E-state index contributed by atoms with van der Waals surface area (Å²) in [6.07, 6.45) is 5.34. The lowest BCUT2D eigenvalue weighted by Crippen LogP contribution is -2.40. The average Bonchev–Trinajstić information content (AvgIpc) is 2.64. The number of rotatable bonds is 4. The van der Waals surface area contributed by atoms with Crippen molar-refractivity contribution in [1.29, 1.82) is 0 Å². The van der Waals surface area contributed by atoms with Gasteiger partial charge in [-0.3, -0.25) is 4.90 Å². The Morgan fingerprint density at radius 1 is 1.30 bits per heavy atom. The normalized spacial score (nSPS) is 24.1. The van der Waals surface area contributed by atoms with E-state index >= 15 is 0 Å². The predicted molar refractivity (Wildman–Crippen MR) is 86.8 cm³/mol. The van der Waals surface area contributed by atoms with E-state index in [1.54, 1.807) is 0 Å². The molecular formula is C18H30N2. The van der Waals surface area contributed by atoms with Crippen molar-refractivity contribution in [2.75, 3.05) is 13.1 Å². The Kier molecular flexibility index (Phi) is 5.62. The number of benzene rings is 1. The number of likely N-dealkylation sites (tertiary alicyclic amines) is 1. The summed E-state index contributed by atoms with van der Waals surface area (Å²) in [7, 11) is 0. The molecule has 1 saturated heterocycles. The van der Waals surface area contributed by atoms with Crippen molar-refractivity contribution in [2.24, 2.45) is 11.7 Å². The summed E-state index contributed by atoms with van der Waals surface area (Å²) < 4.78 is 0. The lowest BCUT2D eigenvalue weighted by Gasteiger charge is -2.34. The first-order valence-electron chi connectivity index (χ1n) is 8.18. The monoisotopic (exact) mass is 274 g/mol. The predicted octanol–water partition coefficient (Wildman–Crippen LogP) is 3.90. The van der Waals surface area contributed by atoms with E-state index in [1.165, 1.54) is 49.9 Å². The Labute approximate surface area is 124 Å². The fourth-order valence-corrected chi connectivity index (χ4v) is 3.58. The Morgan fingerprint density at radius 2 is 2.10 bits per heavy atom. The Morgan fingerprint density at radius 3 is 2.75 bits per heavy atom. The summed E-state index contributed by atoms with van der Waals surface area (Å²) in [5.74, 6) is 0.909. The van der Waals surface area contributed by atoms with Crippen LogP contribution in [0.15, 0.2) is 24.3 Å². The van der Waals surface area contributed by atoms with Crippen LogP contribution in [0.3, 0.4) is 0 Å². The maximum atomic E-state index is 6.33. The maximum absolute atomic E-state index is 6.33. The second kappa shape index (κ2) is 7.24. The fourth-order valence-electron chi connectivity index (χ4n) is 3.58. The third kappa shape index (κ3) is 3.83. The molecule has 1 fully saturated rings. The largest absolute Gasteiger partial charge is 0.326 e. The van der Waals surface area contributed by atoms with Gasteiger partial charge in [0.25, 0.3) is 0 Å². The van der Waals surface area contributed by atoms with Crippen LogP contribution in [-0.4, -0.2) is 24.0 Å². The number of nitrogens with two attached hydrogens (primary N) is 1. The van der Waals surface area contributed by atoms with Crippen molar-refractivity contribution in [3.63, 3.8) is 0 Å². The molecule has 0 radical (unpaired) electrons. The molecule has 0 amide bonds. The van der Waals surface area contributed by atoms with Crippen molar-refractivity contribution in [1.82, 2.24) is 4.90 Å². The van der Waals surface area contributed by atoms with Crippen LogP contribution >= 0.6 is 0 Å². The van der Waals surface area contributed by atoms with E-state index in [0.29, 0.717) is 6.04 Å². The van der Waals surface area contributed by atoms with E-state index in [2.05, 4.69) is 49.9 Å². The van der Waals surface area contributed by atoms with Gasteiger partial charge >= 0.3 is 0 Å².